The summed E-state index contributed by atoms with van der Waals surface area (Å²) in [5, 5.41) is 0. The summed E-state index contributed by atoms with van der Waals surface area (Å²) in [4.78, 5) is 8.01. The third kappa shape index (κ3) is 2.40. The van der Waals surface area contributed by atoms with Gasteiger partial charge in [-0.25, -0.2) is 9.97 Å². The smallest absolute Gasteiger partial charge is 0.318 e. The minimum atomic E-state index is -0.405. The Morgan fingerprint density at radius 1 is 1.18 bits per heavy atom. The van der Waals surface area contributed by atoms with Crippen LogP contribution in [0.5, 0.6) is 6.01 Å². The molecular formula is C12H16N2O3. The first-order valence-corrected chi connectivity index (χ1v) is 6.12. The van der Waals surface area contributed by atoms with Gasteiger partial charge in [0, 0.05) is 25.2 Å². The predicted octanol–water partition coefficient (Wildman–Crippen LogP) is 1.89. The van der Waals surface area contributed by atoms with Crippen LogP contribution in [0.2, 0.25) is 0 Å². The van der Waals surface area contributed by atoms with Gasteiger partial charge in [0.1, 0.15) is 6.61 Å². The fraction of sp³-hybridized carbons (Fsp3) is 0.667. The van der Waals surface area contributed by atoms with E-state index in [-0.39, 0.29) is 6.29 Å². The molecule has 1 atom stereocenters. The normalized spacial score (nSPS) is 27.2. The van der Waals surface area contributed by atoms with Gasteiger partial charge in [-0.15, -0.1) is 0 Å². The second kappa shape index (κ2) is 4.58. The highest BCUT2D eigenvalue weighted by atomic mass is 16.8. The number of hydrogen-bond acceptors (Lipinski definition) is 5. The molecule has 2 heterocycles. The molecule has 1 aliphatic carbocycles. The van der Waals surface area contributed by atoms with E-state index in [1.165, 1.54) is 6.42 Å². The van der Waals surface area contributed by atoms with Crippen LogP contribution >= 0.6 is 0 Å². The van der Waals surface area contributed by atoms with Crippen molar-refractivity contribution in [2.75, 3.05) is 6.61 Å². The number of ether oxygens (including phenoxy) is 3. The van der Waals surface area contributed by atoms with Gasteiger partial charge in [-0.3, -0.25) is 0 Å². The van der Waals surface area contributed by atoms with E-state index in [4.69, 9.17) is 14.2 Å². The largest absolute Gasteiger partial charge is 0.431 e. The lowest BCUT2D eigenvalue weighted by Gasteiger charge is -2.31. The van der Waals surface area contributed by atoms with Crippen LogP contribution in [0.25, 0.3) is 0 Å². The number of rotatable bonds is 2. The Balaban J connectivity index is 1.60. The summed E-state index contributed by atoms with van der Waals surface area (Å²) in [7, 11) is 0. The fourth-order valence-corrected chi connectivity index (χ4v) is 2.40. The van der Waals surface area contributed by atoms with E-state index in [0.29, 0.717) is 12.6 Å². The second-order valence-corrected chi connectivity index (χ2v) is 4.48. The molecule has 0 radical (unpaired) electrons. The second-order valence-electron chi connectivity index (χ2n) is 4.48. The van der Waals surface area contributed by atoms with Gasteiger partial charge in [0.2, 0.25) is 6.29 Å². The van der Waals surface area contributed by atoms with E-state index >= 15 is 0 Å². The Labute approximate surface area is 100 Å². The molecule has 17 heavy (non-hydrogen) atoms. The van der Waals surface area contributed by atoms with Crippen molar-refractivity contribution in [3.8, 4) is 6.01 Å². The summed E-state index contributed by atoms with van der Waals surface area (Å²) in [5.41, 5.74) is 0. The Morgan fingerprint density at radius 3 is 2.71 bits per heavy atom. The lowest BCUT2D eigenvalue weighted by molar-refractivity contribution is -0.209. The van der Waals surface area contributed by atoms with E-state index < -0.39 is 5.79 Å². The summed E-state index contributed by atoms with van der Waals surface area (Å²) in [6.45, 7) is 0.457. The van der Waals surface area contributed by atoms with Crippen molar-refractivity contribution in [1.82, 2.24) is 9.97 Å². The average Bonchev–Trinajstić information content (AvgIpc) is 2.74. The van der Waals surface area contributed by atoms with Gasteiger partial charge in [0.05, 0.1) is 0 Å². The van der Waals surface area contributed by atoms with Gasteiger partial charge >= 0.3 is 6.01 Å². The molecule has 1 aromatic heterocycles. The van der Waals surface area contributed by atoms with Gasteiger partial charge in [-0.2, -0.15) is 0 Å². The van der Waals surface area contributed by atoms with Crippen LogP contribution in [-0.2, 0) is 9.47 Å². The number of aromatic nitrogens is 2. The highest BCUT2D eigenvalue weighted by Crippen LogP contribution is 2.37. The molecule has 0 bridgehead atoms. The highest BCUT2D eigenvalue weighted by molar-refractivity contribution is 4.94. The van der Waals surface area contributed by atoms with Crippen LogP contribution in [0, 0.1) is 0 Å². The third-order valence-corrected chi connectivity index (χ3v) is 3.22. The van der Waals surface area contributed by atoms with Crippen molar-refractivity contribution >= 4 is 0 Å². The van der Waals surface area contributed by atoms with Crippen molar-refractivity contribution in [3.63, 3.8) is 0 Å². The van der Waals surface area contributed by atoms with Crippen LogP contribution in [0.3, 0.4) is 0 Å². The zero-order valence-electron chi connectivity index (χ0n) is 9.67. The summed E-state index contributed by atoms with van der Waals surface area (Å²) in [5.74, 6) is -0.405. The van der Waals surface area contributed by atoms with Crippen LogP contribution in [0.15, 0.2) is 18.5 Å². The molecule has 0 N–H and O–H groups in total. The van der Waals surface area contributed by atoms with E-state index in [2.05, 4.69) is 9.97 Å². The first kappa shape index (κ1) is 10.9. The zero-order valence-corrected chi connectivity index (χ0v) is 9.67. The van der Waals surface area contributed by atoms with Crippen LogP contribution in [-0.4, -0.2) is 28.7 Å². The van der Waals surface area contributed by atoms with Crippen LogP contribution in [0.1, 0.15) is 32.1 Å². The molecule has 5 heteroatoms. The molecule has 0 aromatic carbocycles. The maximum atomic E-state index is 5.87. The molecule has 3 rings (SSSR count). The molecule has 1 spiro atoms. The summed E-state index contributed by atoms with van der Waals surface area (Å²) in [6, 6.07) is 2.09. The summed E-state index contributed by atoms with van der Waals surface area (Å²) in [6.07, 6.45) is 8.43. The minimum absolute atomic E-state index is 0.342. The van der Waals surface area contributed by atoms with Crippen molar-refractivity contribution in [1.29, 1.82) is 0 Å². The lowest BCUT2D eigenvalue weighted by Crippen LogP contribution is -2.34. The monoisotopic (exact) mass is 236 g/mol. The maximum absolute atomic E-state index is 5.87. The first-order chi connectivity index (χ1) is 8.36. The Hall–Kier alpha value is -1.20. The zero-order chi connectivity index (χ0) is 11.6. The summed E-state index contributed by atoms with van der Waals surface area (Å²) < 4.78 is 17.2. The van der Waals surface area contributed by atoms with E-state index in [9.17, 15) is 0 Å². The topological polar surface area (TPSA) is 53.5 Å². The molecule has 1 saturated heterocycles. The number of nitrogens with zero attached hydrogens (tertiary/aromatic N) is 2. The molecule has 2 aliphatic rings. The van der Waals surface area contributed by atoms with Gasteiger partial charge in [0.15, 0.2) is 5.79 Å². The summed E-state index contributed by atoms with van der Waals surface area (Å²) >= 11 is 0. The molecule has 1 unspecified atom stereocenters. The third-order valence-electron chi connectivity index (χ3n) is 3.22. The predicted molar refractivity (Wildman–Crippen MR) is 59.3 cm³/mol. The Bertz CT molecular complexity index is 365. The van der Waals surface area contributed by atoms with Gasteiger partial charge in [-0.05, 0) is 18.9 Å². The molecule has 2 fully saturated rings. The van der Waals surface area contributed by atoms with E-state index in [1.54, 1.807) is 18.5 Å². The van der Waals surface area contributed by atoms with Crippen molar-refractivity contribution in [2.45, 2.75) is 44.2 Å². The SMILES string of the molecule is c1cnc(OC2COC3(CCCCC3)O2)nc1. The van der Waals surface area contributed by atoms with Gasteiger partial charge in [-0.1, -0.05) is 6.42 Å². The molecule has 1 aliphatic heterocycles. The molecule has 0 amide bonds. The highest BCUT2D eigenvalue weighted by Gasteiger charge is 2.43. The van der Waals surface area contributed by atoms with E-state index in [1.807, 2.05) is 0 Å². The molecule has 5 nitrogen and oxygen atoms in total. The maximum Gasteiger partial charge on any atom is 0.318 e. The van der Waals surface area contributed by atoms with Crippen molar-refractivity contribution < 1.29 is 14.2 Å². The molecular weight excluding hydrogens is 220 g/mol. The minimum Gasteiger partial charge on any atom is -0.431 e. The van der Waals surface area contributed by atoms with Crippen LogP contribution < -0.4 is 4.74 Å². The molecule has 1 aromatic rings. The standard InChI is InChI=1S/C12H16N2O3/c1-2-5-12(6-3-1)15-9-10(17-12)16-11-13-7-4-8-14-11/h4,7-8,10H,1-3,5-6,9H2. The molecule has 92 valence electrons. The van der Waals surface area contributed by atoms with Gasteiger partial charge < -0.3 is 14.2 Å². The van der Waals surface area contributed by atoms with Crippen molar-refractivity contribution in [3.05, 3.63) is 18.5 Å². The lowest BCUT2D eigenvalue weighted by atomic mass is 9.94. The Kier molecular flexibility index (Phi) is 2.94. The Morgan fingerprint density at radius 2 is 1.94 bits per heavy atom. The fourth-order valence-electron chi connectivity index (χ4n) is 2.40. The number of hydrogen-bond donors (Lipinski definition) is 0. The average molecular weight is 236 g/mol. The van der Waals surface area contributed by atoms with Crippen molar-refractivity contribution in [2.24, 2.45) is 0 Å². The molecule has 1 saturated carbocycles. The first-order valence-electron chi connectivity index (χ1n) is 6.12. The quantitative estimate of drug-likeness (QED) is 0.784. The van der Waals surface area contributed by atoms with Crippen LogP contribution in [0.4, 0.5) is 0 Å². The van der Waals surface area contributed by atoms with Gasteiger partial charge in [0.25, 0.3) is 0 Å². The van der Waals surface area contributed by atoms with E-state index in [0.717, 1.165) is 25.7 Å².